The largest absolute Gasteiger partial charge is 0.325 e. The third-order valence-corrected chi connectivity index (χ3v) is 3.73. The van der Waals surface area contributed by atoms with Crippen LogP contribution in [0.5, 0.6) is 0 Å². The molecule has 3 amide bonds. The van der Waals surface area contributed by atoms with Gasteiger partial charge in [-0.25, -0.2) is 9.18 Å². The SMILES string of the molecule is CCC1(C)C(=O)NC(=O)N1Cc1ccc(F)c(C#N)c1. The number of rotatable bonds is 3. The van der Waals surface area contributed by atoms with Crippen molar-refractivity contribution in [2.75, 3.05) is 0 Å². The van der Waals surface area contributed by atoms with Gasteiger partial charge in [0.1, 0.15) is 17.4 Å². The Labute approximate surface area is 116 Å². The standard InChI is InChI=1S/C14H14FN3O2/c1-3-14(2)12(19)17-13(20)18(14)8-9-4-5-11(15)10(6-9)7-16/h4-6H,3,8H2,1-2H3,(H,17,19,20). The number of nitrogens with one attached hydrogen (secondary N) is 1. The van der Waals surface area contributed by atoms with Gasteiger partial charge in [0.25, 0.3) is 5.91 Å². The molecule has 1 aliphatic heterocycles. The van der Waals surface area contributed by atoms with Gasteiger partial charge in [-0.2, -0.15) is 5.26 Å². The van der Waals surface area contributed by atoms with Gasteiger partial charge in [-0.1, -0.05) is 13.0 Å². The maximum Gasteiger partial charge on any atom is 0.325 e. The van der Waals surface area contributed by atoms with E-state index in [-0.39, 0.29) is 18.0 Å². The molecule has 5 nitrogen and oxygen atoms in total. The highest BCUT2D eigenvalue weighted by atomic mass is 19.1. The van der Waals surface area contributed by atoms with Crippen LogP contribution in [0.1, 0.15) is 31.4 Å². The summed E-state index contributed by atoms with van der Waals surface area (Å²) < 4.78 is 13.3. The van der Waals surface area contributed by atoms with Gasteiger partial charge >= 0.3 is 6.03 Å². The van der Waals surface area contributed by atoms with E-state index in [1.807, 2.05) is 6.92 Å². The quantitative estimate of drug-likeness (QED) is 0.856. The fraction of sp³-hybridized carbons (Fsp3) is 0.357. The monoisotopic (exact) mass is 275 g/mol. The van der Waals surface area contributed by atoms with Crippen LogP contribution in [0.3, 0.4) is 0 Å². The number of nitriles is 1. The summed E-state index contributed by atoms with van der Waals surface area (Å²) in [6.45, 7) is 3.65. The molecule has 0 spiro atoms. The molecule has 1 N–H and O–H groups in total. The van der Waals surface area contributed by atoms with E-state index >= 15 is 0 Å². The summed E-state index contributed by atoms with van der Waals surface area (Å²) in [4.78, 5) is 25.1. The number of urea groups is 1. The third-order valence-electron chi connectivity index (χ3n) is 3.73. The number of imide groups is 1. The predicted molar refractivity (Wildman–Crippen MR) is 68.9 cm³/mol. The first kappa shape index (κ1) is 14.0. The average Bonchev–Trinajstić information content (AvgIpc) is 2.64. The Kier molecular flexibility index (Phi) is 3.45. The van der Waals surface area contributed by atoms with E-state index in [2.05, 4.69) is 5.32 Å². The summed E-state index contributed by atoms with van der Waals surface area (Å²) in [6, 6.07) is 5.36. The Morgan fingerprint density at radius 2 is 2.15 bits per heavy atom. The number of nitrogens with zero attached hydrogens (tertiary/aromatic N) is 2. The van der Waals surface area contributed by atoms with E-state index in [0.29, 0.717) is 12.0 Å². The first-order valence-electron chi connectivity index (χ1n) is 6.24. The number of hydrogen-bond acceptors (Lipinski definition) is 3. The molecule has 1 aromatic carbocycles. The number of halogens is 1. The minimum absolute atomic E-state index is 0.0772. The molecule has 1 aliphatic rings. The van der Waals surface area contributed by atoms with Crippen LogP contribution in [0.25, 0.3) is 0 Å². The molecule has 1 heterocycles. The predicted octanol–water partition coefficient (Wildman–Crippen LogP) is 1.92. The summed E-state index contributed by atoms with van der Waals surface area (Å²) in [6.07, 6.45) is 0.469. The maximum absolute atomic E-state index is 13.3. The maximum atomic E-state index is 13.3. The molecule has 0 aliphatic carbocycles. The summed E-state index contributed by atoms with van der Waals surface area (Å²) in [7, 11) is 0. The van der Waals surface area contributed by atoms with E-state index in [1.54, 1.807) is 13.0 Å². The van der Waals surface area contributed by atoms with E-state index in [9.17, 15) is 14.0 Å². The van der Waals surface area contributed by atoms with E-state index in [0.717, 1.165) is 0 Å². The van der Waals surface area contributed by atoms with Crippen LogP contribution >= 0.6 is 0 Å². The zero-order valence-corrected chi connectivity index (χ0v) is 11.2. The van der Waals surface area contributed by atoms with Crippen molar-refractivity contribution in [3.05, 3.63) is 35.1 Å². The lowest BCUT2D eigenvalue weighted by atomic mass is 9.96. The van der Waals surface area contributed by atoms with Crippen molar-refractivity contribution in [3.8, 4) is 6.07 Å². The first-order valence-corrected chi connectivity index (χ1v) is 6.24. The zero-order chi connectivity index (χ0) is 14.9. The van der Waals surface area contributed by atoms with Gasteiger partial charge in [0, 0.05) is 6.54 Å². The Morgan fingerprint density at radius 3 is 2.75 bits per heavy atom. The molecular weight excluding hydrogens is 261 g/mol. The Bertz CT molecular complexity index is 623. The van der Waals surface area contributed by atoms with Gasteiger partial charge in [-0.05, 0) is 31.0 Å². The lowest BCUT2D eigenvalue weighted by Crippen LogP contribution is -2.45. The Hall–Kier alpha value is -2.42. The van der Waals surface area contributed by atoms with Crippen molar-refractivity contribution in [1.29, 1.82) is 5.26 Å². The van der Waals surface area contributed by atoms with Crippen molar-refractivity contribution in [3.63, 3.8) is 0 Å². The molecule has 20 heavy (non-hydrogen) atoms. The molecular formula is C14H14FN3O2. The molecule has 0 radical (unpaired) electrons. The van der Waals surface area contributed by atoms with Crippen molar-refractivity contribution in [2.45, 2.75) is 32.4 Å². The summed E-state index contributed by atoms with van der Waals surface area (Å²) >= 11 is 0. The van der Waals surface area contributed by atoms with Gasteiger partial charge in [-0.3, -0.25) is 10.1 Å². The number of benzene rings is 1. The van der Waals surface area contributed by atoms with E-state index < -0.39 is 17.4 Å². The normalized spacial score (nSPS) is 21.8. The molecule has 1 atom stereocenters. The highest BCUT2D eigenvalue weighted by Crippen LogP contribution is 2.27. The van der Waals surface area contributed by atoms with E-state index in [4.69, 9.17) is 5.26 Å². The highest BCUT2D eigenvalue weighted by molar-refractivity contribution is 6.06. The number of carbonyl (C=O) groups is 2. The van der Waals surface area contributed by atoms with Crippen LogP contribution in [-0.4, -0.2) is 22.4 Å². The Balaban J connectivity index is 2.32. The fourth-order valence-electron chi connectivity index (χ4n) is 2.18. The van der Waals surface area contributed by atoms with Crippen LogP contribution in [-0.2, 0) is 11.3 Å². The number of amides is 3. The van der Waals surface area contributed by atoms with Gasteiger partial charge in [0.05, 0.1) is 5.56 Å². The molecule has 6 heteroatoms. The lowest BCUT2D eigenvalue weighted by Gasteiger charge is -2.30. The molecule has 1 fully saturated rings. The number of hydrogen-bond donors (Lipinski definition) is 1. The number of carbonyl (C=O) groups excluding carboxylic acids is 2. The minimum atomic E-state index is -0.918. The second kappa shape index (κ2) is 4.93. The molecule has 2 rings (SSSR count). The molecule has 1 saturated heterocycles. The van der Waals surface area contributed by atoms with Crippen molar-refractivity contribution in [1.82, 2.24) is 10.2 Å². The molecule has 1 aromatic rings. The molecule has 0 bridgehead atoms. The lowest BCUT2D eigenvalue weighted by molar-refractivity contribution is -0.126. The van der Waals surface area contributed by atoms with Gasteiger partial charge in [0.2, 0.25) is 0 Å². The molecule has 0 aromatic heterocycles. The van der Waals surface area contributed by atoms with Gasteiger partial charge < -0.3 is 4.90 Å². The van der Waals surface area contributed by atoms with Crippen LogP contribution in [0.2, 0.25) is 0 Å². The third kappa shape index (κ3) is 2.11. The fourth-order valence-corrected chi connectivity index (χ4v) is 2.18. The van der Waals surface area contributed by atoms with Crippen LogP contribution in [0.15, 0.2) is 18.2 Å². The second-order valence-corrected chi connectivity index (χ2v) is 4.90. The van der Waals surface area contributed by atoms with Gasteiger partial charge in [0.15, 0.2) is 0 Å². The zero-order valence-electron chi connectivity index (χ0n) is 11.2. The van der Waals surface area contributed by atoms with E-state index in [1.165, 1.54) is 23.1 Å². The van der Waals surface area contributed by atoms with Crippen LogP contribution in [0, 0.1) is 17.1 Å². The first-order chi connectivity index (χ1) is 9.42. The summed E-state index contributed by atoms with van der Waals surface area (Å²) in [5.41, 5.74) is -0.391. The molecule has 1 unspecified atom stereocenters. The summed E-state index contributed by atoms with van der Waals surface area (Å²) in [5, 5.41) is 11.1. The van der Waals surface area contributed by atoms with Crippen LogP contribution in [0.4, 0.5) is 9.18 Å². The highest BCUT2D eigenvalue weighted by Gasteiger charge is 2.47. The smallest absolute Gasteiger partial charge is 0.306 e. The molecule has 104 valence electrons. The van der Waals surface area contributed by atoms with Crippen molar-refractivity contribution in [2.24, 2.45) is 0 Å². The van der Waals surface area contributed by atoms with Crippen molar-refractivity contribution >= 4 is 11.9 Å². The molecule has 0 saturated carbocycles. The Morgan fingerprint density at radius 1 is 1.45 bits per heavy atom. The van der Waals surface area contributed by atoms with Crippen LogP contribution < -0.4 is 5.32 Å². The topological polar surface area (TPSA) is 73.2 Å². The minimum Gasteiger partial charge on any atom is -0.306 e. The van der Waals surface area contributed by atoms with Gasteiger partial charge in [-0.15, -0.1) is 0 Å². The van der Waals surface area contributed by atoms with Crippen molar-refractivity contribution < 1.29 is 14.0 Å². The average molecular weight is 275 g/mol. The summed E-state index contributed by atoms with van der Waals surface area (Å²) in [5.74, 6) is -0.941. The second-order valence-electron chi connectivity index (χ2n) is 4.90.